The van der Waals surface area contributed by atoms with E-state index in [0.717, 1.165) is 19.3 Å². The Hall–Kier alpha value is -1.47. The molecule has 11 heteroatoms. The van der Waals surface area contributed by atoms with Crippen molar-refractivity contribution < 1.29 is 46.7 Å². The molecule has 0 aliphatic carbocycles. The van der Waals surface area contributed by atoms with E-state index in [1.165, 1.54) is 38.2 Å². The van der Waals surface area contributed by atoms with E-state index in [0.29, 0.717) is 6.61 Å². The molecule has 33 heavy (non-hydrogen) atoms. The molecule has 190 valence electrons. The number of hydrogen-bond acceptors (Lipinski definition) is 10. The van der Waals surface area contributed by atoms with Gasteiger partial charge in [-0.3, -0.25) is 0 Å². The van der Waals surface area contributed by atoms with Crippen LogP contribution in [0.5, 0.6) is 11.5 Å². The first-order valence-corrected chi connectivity index (χ1v) is 12.8. The highest BCUT2D eigenvalue weighted by atomic mass is 32.3. The van der Waals surface area contributed by atoms with Crippen LogP contribution in [0.2, 0.25) is 0 Å². The Bertz CT molecular complexity index is 785. The molecule has 4 N–H and O–H groups in total. The lowest BCUT2D eigenvalue weighted by Gasteiger charge is -2.38. The highest BCUT2D eigenvalue weighted by molar-refractivity contribution is 7.82. The van der Waals surface area contributed by atoms with Crippen molar-refractivity contribution in [3.8, 4) is 11.5 Å². The van der Waals surface area contributed by atoms with Crippen molar-refractivity contribution in [3.63, 3.8) is 0 Å². The predicted molar refractivity (Wildman–Crippen MR) is 119 cm³/mol. The molecule has 1 saturated heterocycles. The highest BCUT2D eigenvalue weighted by Crippen LogP contribution is 2.30. The zero-order valence-electron chi connectivity index (χ0n) is 18.9. The normalized spacial score (nSPS) is 25.7. The maximum atomic E-state index is 12.4. The van der Waals surface area contributed by atoms with E-state index in [9.17, 15) is 28.8 Å². The molecule has 1 aliphatic heterocycles. The van der Waals surface area contributed by atoms with E-state index in [4.69, 9.17) is 17.8 Å². The zero-order chi connectivity index (χ0) is 24.3. The summed E-state index contributed by atoms with van der Waals surface area (Å²) in [5.74, 6) is 0.100. The minimum Gasteiger partial charge on any atom is -0.490 e. The third kappa shape index (κ3) is 9.01. The van der Waals surface area contributed by atoms with E-state index < -0.39 is 47.7 Å². The summed E-state index contributed by atoms with van der Waals surface area (Å²) in [4.78, 5) is 0. The van der Waals surface area contributed by atoms with Crippen molar-refractivity contribution in [3.05, 3.63) is 24.3 Å². The molecule has 0 aromatic heterocycles. The number of unbranched alkanes of at least 4 members (excludes halogenated alkanes) is 7. The molecule has 0 unspecified atom stereocenters. The molecule has 1 fully saturated rings. The number of aliphatic hydroxyl groups excluding tert-OH is 4. The van der Waals surface area contributed by atoms with Crippen LogP contribution in [0.15, 0.2) is 24.3 Å². The number of hydrogen-bond donors (Lipinski definition) is 4. The summed E-state index contributed by atoms with van der Waals surface area (Å²) in [6, 6.07) is 6.17. The molecule has 10 nitrogen and oxygen atoms in total. The van der Waals surface area contributed by atoms with Crippen LogP contribution in [-0.4, -0.2) is 72.8 Å². The van der Waals surface area contributed by atoms with E-state index in [1.807, 2.05) is 0 Å². The summed E-state index contributed by atoms with van der Waals surface area (Å²) in [7, 11) is -4.75. The average Bonchev–Trinajstić information content (AvgIpc) is 2.79. The summed E-state index contributed by atoms with van der Waals surface area (Å²) in [6.07, 6.45) is 0.619. The minimum atomic E-state index is -4.75. The van der Waals surface area contributed by atoms with Gasteiger partial charge in [0.1, 0.15) is 24.4 Å². The number of aliphatic hydroxyl groups is 4. The van der Waals surface area contributed by atoms with Gasteiger partial charge in [-0.25, -0.2) is 4.18 Å². The monoisotopic (exact) mass is 492 g/mol. The second-order valence-corrected chi connectivity index (χ2v) is 9.23. The Morgan fingerprint density at radius 3 is 2.12 bits per heavy atom. The minimum absolute atomic E-state index is 0.110. The molecule has 0 spiro atoms. The lowest BCUT2D eigenvalue weighted by molar-refractivity contribution is -0.277. The molecule has 0 saturated carbocycles. The van der Waals surface area contributed by atoms with E-state index in [1.54, 1.807) is 18.2 Å². The van der Waals surface area contributed by atoms with Crippen molar-refractivity contribution in [2.24, 2.45) is 0 Å². The number of ether oxygens (including phenoxy) is 2. The fraction of sp³-hybridized carbons (Fsp3) is 0.727. The van der Waals surface area contributed by atoms with Crippen LogP contribution in [0.3, 0.4) is 0 Å². The van der Waals surface area contributed by atoms with Crippen molar-refractivity contribution in [1.82, 2.24) is 0 Å². The third-order valence-corrected chi connectivity index (χ3v) is 6.17. The number of para-hydroxylation sites is 2. The fourth-order valence-electron chi connectivity index (χ4n) is 3.45. The molecular formula is C22H36O10S. The second kappa shape index (κ2) is 14.1. The average molecular weight is 493 g/mol. The second-order valence-electron chi connectivity index (χ2n) is 8.06. The van der Waals surface area contributed by atoms with Gasteiger partial charge in [0.25, 0.3) is 0 Å². The lowest BCUT2D eigenvalue weighted by atomic mass is 10.00. The number of benzene rings is 1. The molecular weight excluding hydrogens is 456 g/mol. The standard InChI is InChI=1S/C22H36O10S/c1-2-3-4-5-6-7-8-11-14-29-16-12-9-10-13-17(16)31-33(27,28)32-22-21(26)20(25)19(24)18(15-23)30-22/h9-10,12-13,18-26H,2-8,11,14-15H2,1H3/t18-,19-,20+,21+,22+/m1/s1. The SMILES string of the molecule is CCCCCCCCCCOc1ccccc1OS(=O)(=O)O[C@@H]1O[C@H](CO)[C@@H](O)[C@H](O)[C@@H]1O. The van der Waals surface area contributed by atoms with E-state index in [2.05, 4.69) is 6.92 Å². The Kier molecular flexibility index (Phi) is 11.8. The molecule has 1 aromatic carbocycles. The van der Waals surface area contributed by atoms with Gasteiger partial charge in [0.15, 0.2) is 11.5 Å². The molecule has 5 atom stereocenters. The summed E-state index contributed by atoms with van der Waals surface area (Å²) in [5.41, 5.74) is 0. The number of rotatable bonds is 15. The smallest absolute Gasteiger partial charge is 0.451 e. The van der Waals surface area contributed by atoms with Crippen LogP contribution >= 0.6 is 0 Å². The van der Waals surface area contributed by atoms with Crippen LogP contribution in [0.1, 0.15) is 58.3 Å². The predicted octanol–water partition coefficient (Wildman–Crippen LogP) is 1.65. The zero-order valence-corrected chi connectivity index (χ0v) is 19.7. The Morgan fingerprint density at radius 2 is 1.48 bits per heavy atom. The maximum absolute atomic E-state index is 12.4. The lowest BCUT2D eigenvalue weighted by Crippen LogP contribution is -2.59. The van der Waals surface area contributed by atoms with Crippen molar-refractivity contribution >= 4 is 10.4 Å². The van der Waals surface area contributed by atoms with Crippen LogP contribution in [-0.2, 0) is 19.3 Å². The van der Waals surface area contributed by atoms with E-state index in [-0.39, 0.29) is 11.5 Å². The molecule has 0 amide bonds. The van der Waals surface area contributed by atoms with Crippen molar-refractivity contribution in [2.45, 2.75) is 89.0 Å². The third-order valence-electron chi connectivity index (χ3n) is 5.36. The Balaban J connectivity index is 1.86. The molecule has 0 bridgehead atoms. The van der Waals surface area contributed by atoms with Crippen LogP contribution < -0.4 is 8.92 Å². The summed E-state index contributed by atoms with van der Waals surface area (Å²) < 4.78 is 45.2. The molecule has 0 radical (unpaired) electrons. The summed E-state index contributed by atoms with van der Waals surface area (Å²) >= 11 is 0. The molecule has 1 aromatic rings. The first-order valence-electron chi connectivity index (χ1n) is 11.4. The Labute approximate surface area is 195 Å². The highest BCUT2D eigenvalue weighted by Gasteiger charge is 2.46. The van der Waals surface area contributed by atoms with Gasteiger partial charge < -0.3 is 34.1 Å². The van der Waals surface area contributed by atoms with Crippen LogP contribution in [0, 0.1) is 0 Å². The van der Waals surface area contributed by atoms with Gasteiger partial charge in [-0.15, -0.1) is 0 Å². The fourth-order valence-corrected chi connectivity index (χ4v) is 4.24. The van der Waals surface area contributed by atoms with Crippen molar-refractivity contribution in [1.29, 1.82) is 0 Å². The van der Waals surface area contributed by atoms with Gasteiger partial charge in [-0.2, -0.15) is 8.42 Å². The maximum Gasteiger partial charge on any atom is 0.451 e. The molecule has 2 rings (SSSR count). The van der Waals surface area contributed by atoms with Crippen LogP contribution in [0.25, 0.3) is 0 Å². The largest absolute Gasteiger partial charge is 0.490 e. The van der Waals surface area contributed by atoms with Crippen LogP contribution in [0.4, 0.5) is 0 Å². The topological polar surface area (TPSA) is 152 Å². The van der Waals surface area contributed by atoms with Gasteiger partial charge in [-0.05, 0) is 18.6 Å². The summed E-state index contributed by atoms with van der Waals surface area (Å²) in [6.45, 7) is 1.86. The first kappa shape index (κ1) is 27.8. The first-order chi connectivity index (χ1) is 15.8. The Morgan fingerprint density at radius 1 is 0.879 bits per heavy atom. The quantitative estimate of drug-likeness (QED) is 0.266. The summed E-state index contributed by atoms with van der Waals surface area (Å²) in [5, 5.41) is 38.7. The molecule has 1 heterocycles. The van der Waals surface area contributed by atoms with Gasteiger partial charge in [0, 0.05) is 0 Å². The van der Waals surface area contributed by atoms with Gasteiger partial charge in [0.2, 0.25) is 6.29 Å². The van der Waals surface area contributed by atoms with Gasteiger partial charge in [-0.1, -0.05) is 64.0 Å². The van der Waals surface area contributed by atoms with Gasteiger partial charge in [0.05, 0.1) is 13.2 Å². The molecule has 1 aliphatic rings. The van der Waals surface area contributed by atoms with Crippen molar-refractivity contribution in [2.75, 3.05) is 13.2 Å². The van der Waals surface area contributed by atoms with E-state index >= 15 is 0 Å². The van der Waals surface area contributed by atoms with Gasteiger partial charge >= 0.3 is 10.4 Å².